The van der Waals surface area contributed by atoms with Gasteiger partial charge in [0.25, 0.3) is 0 Å². The van der Waals surface area contributed by atoms with Gasteiger partial charge < -0.3 is 9.32 Å². The quantitative estimate of drug-likeness (QED) is 0.482. The third-order valence-corrected chi connectivity index (χ3v) is 5.04. The summed E-state index contributed by atoms with van der Waals surface area (Å²) in [6.45, 7) is 6.08. The molecule has 0 amide bonds. The van der Waals surface area contributed by atoms with Crippen LogP contribution in [0.3, 0.4) is 0 Å². The highest BCUT2D eigenvalue weighted by molar-refractivity contribution is 7.98. The van der Waals surface area contributed by atoms with Gasteiger partial charge in [-0.15, -0.1) is 11.8 Å². The van der Waals surface area contributed by atoms with Gasteiger partial charge in [0.05, 0.1) is 5.56 Å². The van der Waals surface area contributed by atoms with Gasteiger partial charge >= 0.3 is 5.63 Å². The van der Waals surface area contributed by atoms with Crippen LogP contribution in [0.1, 0.15) is 13.8 Å². The van der Waals surface area contributed by atoms with Crippen LogP contribution in [0.5, 0.6) is 0 Å². The number of fused-ring (bicyclic) bond motifs is 1. The summed E-state index contributed by atoms with van der Waals surface area (Å²) in [5.74, 6) is 0. The molecule has 124 valence electrons. The second-order valence-electron chi connectivity index (χ2n) is 5.54. The zero-order valence-electron chi connectivity index (χ0n) is 14.2. The molecule has 0 spiro atoms. The Morgan fingerprint density at radius 2 is 1.75 bits per heavy atom. The summed E-state index contributed by atoms with van der Waals surface area (Å²) in [5, 5.41) is 0.941. The molecular formula is C20H21NO2S. The first-order valence-electron chi connectivity index (χ1n) is 8.14. The van der Waals surface area contributed by atoms with Gasteiger partial charge in [0.2, 0.25) is 0 Å². The first kappa shape index (κ1) is 16.7. The smallest absolute Gasteiger partial charge is 0.344 e. The molecule has 0 saturated heterocycles. The van der Waals surface area contributed by atoms with Gasteiger partial charge in [-0.05, 0) is 44.4 Å². The Hall–Kier alpha value is -2.20. The minimum Gasteiger partial charge on any atom is -0.422 e. The van der Waals surface area contributed by atoms with Crippen LogP contribution in [-0.2, 0) is 0 Å². The fourth-order valence-corrected chi connectivity index (χ4v) is 3.55. The highest BCUT2D eigenvalue weighted by atomic mass is 32.2. The van der Waals surface area contributed by atoms with Crippen molar-refractivity contribution in [2.24, 2.45) is 0 Å². The van der Waals surface area contributed by atoms with Gasteiger partial charge in [0.15, 0.2) is 0 Å². The highest BCUT2D eigenvalue weighted by Crippen LogP contribution is 2.30. The maximum Gasteiger partial charge on any atom is 0.344 e. The van der Waals surface area contributed by atoms with Gasteiger partial charge in [-0.2, -0.15) is 0 Å². The number of rotatable bonds is 5. The number of benzene rings is 2. The molecular weight excluding hydrogens is 318 g/mol. The lowest BCUT2D eigenvalue weighted by Gasteiger charge is -2.21. The van der Waals surface area contributed by atoms with Crippen molar-refractivity contribution in [3.8, 4) is 11.1 Å². The SMILES string of the molecule is CCN(CC)c1ccc2cc(-c3ccccc3SC)c(=O)oc2c1. The van der Waals surface area contributed by atoms with Crippen LogP contribution in [-0.4, -0.2) is 19.3 Å². The number of thioether (sulfide) groups is 1. The number of anilines is 1. The molecule has 2 aromatic carbocycles. The van der Waals surface area contributed by atoms with Crippen LogP contribution in [0.2, 0.25) is 0 Å². The summed E-state index contributed by atoms with van der Waals surface area (Å²) >= 11 is 1.63. The summed E-state index contributed by atoms with van der Waals surface area (Å²) in [6, 6.07) is 15.9. The maximum atomic E-state index is 12.5. The molecule has 0 aliphatic heterocycles. The average molecular weight is 339 g/mol. The van der Waals surface area contributed by atoms with Gasteiger partial charge in [0, 0.05) is 40.7 Å². The van der Waals surface area contributed by atoms with E-state index in [0.29, 0.717) is 11.1 Å². The standard InChI is InChI=1S/C20H21NO2S/c1-4-21(5-2)15-11-10-14-12-17(20(22)23-18(14)13-15)16-8-6-7-9-19(16)24-3/h6-13H,4-5H2,1-3H3. The van der Waals surface area contributed by atoms with E-state index >= 15 is 0 Å². The molecule has 0 fully saturated rings. The largest absolute Gasteiger partial charge is 0.422 e. The van der Waals surface area contributed by atoms with Crippen molar-refractivity contribution in [2.45, 2.75) is 18.7 Å². The number of hydrogen-bond donors (Lipinski definition) is 0. The molecule has 1 heterocycles. The van der Waals surface area contributed by atoms with E-state index in [1.807, 2.05) is 48.7 Å². The van der Waals surface area contributed by atoms with Crippen LogP contribution in [0.15, 0.2) is 62.6 Å². The Morgan fingerprint density at radius 1 is 1.00 bits per heavy atom. The van der Waals surface area contributed by atoms with Crippen molar-refractivity contribution >= 4 is 28.4 Å². The van der Waals surface area contributed by atoms with Crippen LogP contribution in [0.25, 0.3) is 22.1 Å². The van der Waals surface area contributed by atoms with Gasteiger partial charge in [-0.3, -0.25) is 0 Å². The Labute approximate surface area is 146 Å². The molecule has 0 atom stereocenters. The van der Waals surface area contributed by atoms with E-state index in [-0.39, 0.29) is 5.63 Å². The molecule has 0 bridgehead atoms. The summed E-state index contributed by atoms with van der Waals surface area (Å²) in [7, 11) is 0. The van der Waals surface area contributed by atoms with Gasteiger partial charge in [0.1, 0.15) is 5.58 Å². The van der Waals surface area contributed by atoms with E-state index in [9.17, 15) is 4.79 Å². The number of hydrogen-bond acceptors (Lipinski definition) is 4. The Kier molecular flexibility index (Phi) is 4.95. The second-order valence-corrected chi connectivity index (χ2v) is 6.39. The lowest BCUT2D eigenvalue weighted by molar-refractivity contribution is 0.563. The molecule has 3 aromatic rings. The summed E-state index contributed by atoms with van der Waals surface area (Å²) < 4.78 is 5.64. The first-order valence-corrected chi connectivity index (χ1v) is 9.36. The zero-order valence-corrected chi connectivity index (χ0v) is 15.0. The maximum absolute atomic E-state index is 12.5. The highest BCUT2D eigenvalue weighted by Gasteiger charge is 2.12. The Bertz CT molecular complexity index is 913. The molecule has 24 heavy (non-hydrogen) atoms. The third kappa shape index (κ3) is 3.06. The molecule has 0 aliphatic carbocycles. The molecule has 3 nitrogen and oxygen atoms in total. The summed E-state index contributed by atoms with van der Waals surface area (Å²) in [5.41, 5.74) is 2.96. The summed E-state index contributed by atoms with van der Waals surface area (Å²) in [4.78, 5) is 15.8. The van der Waals surface area contributed by atoms with Crippen molar-refractivity contribution in [3.63, 3.8) is 0 Å². The topological polar surface area (TPSA) is 33.5 Å². The summed E-state index contributed by atoms with van der Waals surface area (Å²) in [6.07, 6.45) is 2.01. The first-order chi connectivity index (χ1) is 11.7. The molecule has 3 rings (SSSR count). The van der Waals surface area contributed by atoms with E-state index < -0.39 is 0 Å². The molecule has 0 aliphatic rings. The molecule has 0 radical (unpaired) electrons. The second kappa shape index (κ2) is 7.14. The predicted molar refractivity (Wildman–Crippen MR) is 103 cm³/mol. The van der Waals surface area contributed by atoms with Crippen LogP contribution in [0.4, 0.5) is 5.69 Å². The van der Waals surface area contributed by atoms with Crippen molar-refractivity contribution in [2.75, 3.05) is 24.2 Å². The van der Waals surface area contributed by atoms with Gasteiger partial charge in [-0.1, -0.05) is 18.2 Å². The predicted octanol–water partition coefficient (Wildman–Crippen LogP) is 5.03. The normalized spacial score (nSPS) is 11.0. The van der Waals surface area contributed by atoms with Crippen LogP contribution >= 0.6 is 11.8 Å². The molecule has 0 saturated carbocycles. The van der Waals surface area contributed by atoms with Gasteiger partial charge in [-0.25, -0.2) is 4.79 Å². The average Bonchev–Trinajstić information content (AvgIpc) is 2.62. The van der Waals surface area contributed by atoms with E-state index in [4.69, 9.17) is 4.42 Å². The van der Waals surface area contributed by atoms with Crippen molar-refractivity contribution in [3.05, 3.63) is 59.0 Å². The van der Waals surface area contributed by atoms with Crippen LogP contribution < -0.4 is 10.5 Å². The monoisotopic (exact) mass is 339 g/mol. The number of nitrogens with zero attached hydrogens (tertiary/aromatic N) is 1. The Balaban J connectivity index is 2.15. The fourth-order valence-electron chi connectivity index (χ4n) is 2.94. The zero-order chi connectivity index (χ0) is 17.1. The minimum atomic E-state index is -0.291. The van der Waals surface area contributed by atoms with Crippen molar-refractivity contribution in [1.29, 1.82) is 0 Å². The van der Waals surface area contributed by atoms with E-state index in [0.717, 1.165) is 34.6 Å². The van der Waals surface area contributed by atoms with Crippen molar-refractivity contribution in [1.82, 2.24) is 0 Å². The molecule has 0 unspecified atom stereocenters. The van der Waals surface area contributed by atoms with E-state index in [1.54, 1.807) is 11.8 Å². The van der Waals surface area contributed by atoms with E-state index in [2.05, 4.69) is 24.8 Å². The minimum absolute atomic E-state index is 0.291. The molecule has 0 N–H and O–H groups in total. The Morgan fingerprint density at radius 3 is 2.46 bits per heavy atom. The van der Waals surface area contributed by atoms with E-state index in [1.165, 1.54) is 0 Å². The molecule has 4 heteroatoms. The van der Waals surface area contributed by atoms with Crippen LogP contribution in [0, 0.1) is 0 Å². The molecule has 1 aromatic heterocycles. The fraction of sp³-hybridized carbons (Fsp3) is 0.250. The lowest BCUT2D eigenvalue weighted by Crippen LogP contribution is -2.21. The third-order valence-electron chi connectivity index (χ3n) is 4.25. The lowest BCUT2D eigenvalue weighted by atomic mass is 10.1. The van der Waals surface area contributed by atoms with Crippen molar-refractivity contribution < 1.29 is 4.42 Å².